The van der Waals surface area contributed by atoms with E-state index in [1.807, 2.05) is 6.08 Å². The highest BCUT2D eigenvalue weighted by Gasteiger charge is 2.57. The van der Waals surface area contributed by atoms with Gasteiger partial charge in [0.2, 0.25) is 0 Å². The molecule has 0 saturated carbocycles. The van der Waals surface area contributed by atoms with Crippen LogP contribution < -0.4 is 0 Å². The van der Waals surface area contributed by atoms with Crippen LogP contribution >= 0.6 is 0 Å². The molecule has 0 aromatic heterocycles. The molecule has 1 amide bonds. The first-order valence-corrected chi connectivity index (χ1v) is 6.80. The maximum Gasteiger partial charge on any atom is 0.412 e. The topological polar surface area (TPSA) is 55.8 Å². The van der Waals surface area contributed by atoms with E-state index in [0.29, 0.717) is 6.42 Å². The maximum absolute atomic E-state index is 12.3. The summed E-state index contributed by atoms with van der Waals surface area (Å²) in [4.78, 5) is 26.1. The Hall–Kier alpha value is -1.78. The second-order valence-electron chi connectivity index (χ2n) is 6.13. The van der Waals surface area contributed by atoms with E-state index in [1.54, 1.807) is 26.8 Å². The average Bonchev–Trinajstić information content (AvgIpc) is 2.90. The van der Waals surface area contributed by atoms with E-state index >= 15 is 0 Å². The van der Waals surface area contributed by atoms with Gasteiger partial charge in [-0.2, -0.15) is 0 Å². The summed E-state index contributed by atoms with van der Waals surface area (Å²) in [6, 6.07) is -0.0823. The highest BCUT2D eigenvalue weighted by atomic mass is 16.6. The normalized spacial score (nSPS) is 27.6. The molecule has 0 aromatic rings. The van der Waals surface area contributed by atoms with E-state index in [-0.39, 0.29) is 12.6 Å². The smallest absolute Gasteiger partial charge is 0.412 e. The molecule has 20 heavy (non-hydrogen) atoms. The van der Waals surface area contributed by atoms with Crippen molar-refractivity contribution in [2.75, 3.05) is 6.61 Å². The lowest BCUT2D eigenvalue weighted by Crippen LogP contribution is -2.53. The molecule has 2 heterocycles. The Morgan fingerprint density at radius 2 is 2.20 bits per heavy atom. The predicted octanol–water partition coefficient (Wildman–Crippen LogP) is 2.42. The van der Waals surface area contributed by atoms with Crippen molar-refractivity contribution in [2.24, 2.45) is 0 Å². The summed E-state index contributed by atoms with van der Waals surface area (Å²) >= 11 is 0. The van der Waals surface area contributed by atoms with Gasteiger partial charge >= 0.3 is 12.1 Å². The van der Waals surface area contributed by atoms with Crippen LogP contribution in [0.1, 0.15) is 33.6 Å². The highest BCUT2D eigenvalue weighted by Crippen LogP contribution is 2.43. The number of esters is 1. The fourth-order valence-corrected chi connectivity index (χ4v) is 2.67. The molecule has 0 N–H and O–H groups in total. The number of rotatable bonds is 3. The third-order valence-electron chi connectivity index (χ3n) is 3.45. The van der Waals surface area contributed by atoms with Crippen LogP contribution in [0, 0.1) is 0 Å². The number of carbonyl (C=O) groups excluding carboxylic acids is 2. The van der Waals surface area contributed by atoms with Gasteiger partial charge in [-0.1, -0.05) is 18.7 Å². The number of hydrogen-bond donors (Lipinski definition) is 0. The Bertz CT molecular complexity index is 463. The fourth-order valence-electron chi connectivity index (χ4n) is 2.67. The van der Waals surface area contributed by atoms with E-state index in [0.717, 1.165) is 6.42 Å². The Morgan fingerprint density at radius 3 is 2.70 bits per heavy atom. The number of hydrogen-bond acceptors (Lipinski definition) is 4. The van der Waals surface area contributed by atoms with Gasteiger partial charge in [0.15, 0.2) is 5.54 Å². The molecular formula is C15H21NO4. The van der Waals surface area contributed by atoms with Crippen LogP contribution in [0.4, 0.5) is 4.79 Å². The molecule has 2 rings (SSSR count). The minimum absolute atomic E-state index is 0.0823. The molecule has 2 aliphatic heterocycles. The number of ether oxygens (including phenoxy) is 2. The highest BCUT2D eigenvalue weighted by molar-refractivity contribution is 5.90. The third kappa shape index (κ3) is 2.44. The van der Waals surface area contributed by atoms with Crippen molar-refractivity contribution >= 4 is 12.1 Å². The van der Waals surface area contributed by atoms with Crippen molar-refractivity contribution in [3.63, 3.8) is 0 Å². The Kier molecular flexibility index (Phi) is 3.63. The average molecular weight is 279 g/mol. The van der Waals surface area contributed by atoms with Gasteiger partial charge in [0.05, 0.1) is 6.04 Å². The van der Waals surface area contributed by atoms with Gasteiger partial charge < -0.3 is 9.47 Å². The van der Waals surface area contributed by atoms with Crippen LogP contribution in [0.15, 0.2) is 24.8 Å². The Labute approximate surface area is 119 Å². The SMILES string of the molecule is C=CCOC(=O)[C@@]12C=C[C@@H](CC1)N2C(=O)OC(C)(C)C. The molecule has 5 nitrogen and oxygen atoms in total. The van der Waals surface area contributed by atoms with E-state index in [9.17, 15) is 9.59 Å². The third-order valence-corrected chi connectivity index (χ3v) is 3.45. The first-order valence-electron chi connectivity index (χ1n) is 6.80. The van der Waals surface area contributed by atoms with Crippen molar-refractivity contribution in [2.45, 2.75) is 50.8 Å². The molecule has 5 heteroatoms. The summed E-state index contributed by atoms with van der Waals surface area (Å²) in [5.41, 5.74) is -1.60. The molecule has 110 valence electrons. The van der Waals surface area contributed by atoms with Crippen LogP contribution in [0.2, 0.25) is 0 Å². The molecule has 2 aliphatic rings. The molecular weight excluding hydrogens is 258 g/mol. The molecule has 0 unspecified atom stereocenters. The van der Waals surface area contributed by atoms with Gasteiger partial charge in [-0.05, 0) is 39.7 Å². The summed E-state index contributed by atoms with van der Waals surface area (Å²) in [6.07, 6.45) is 6.00. The van der Waals surface area contributed by atoms with E-state index in [1.165, 1.54) is 11.0 Å². The zero-order chi connectivity index (χ0) is 15.0. The summed E-state index contributed by atoms with van der Waals surface area (Å²) in [5, 5.41) is 0. The van der Waals surface area contributed by atoms with Gasteiger partial charge in [-0.15, -0.1) is 0 Å². The molecule has 1 fully saturated rings. The van der Waals surface area contributed by atoms with Crippen LogP contribution in [0.5, 0.6) is 0 Å². The van der Waals surface area contributed by atoms with Crippen LogP contribution in [-0.4, -0.2) is 40.8 Å². The summed E-state index contributed by atoms with van der Waals surface area (Å²) in [7, 11) is 0. The van der Waals surface area contributed by atoms with Crippen molar-refractivity contribution in [1.29, 1.82) is 0 Å². The van der Waals surface area contributed by atoms with Crippen LogP contribution in [0.25, 0.3) is 0 Å². The quantitative estimate of drug-likeness (QED) is 0.588. The number of carbonyl (C=O) groups is 2. The zero-order valence-electron chi connectivity index (χ0n) is 12.2. The minimum Gasteiger partial charge on any atom is -0.459 e. The summed E-state index contributed by atoms with van der Waals surface area (Å²) in [6.45, 7) is 9.07. The Morgan fingerprint density at radius 1 is 1.50 bits per heavy atom. The van der Waals surface area contributed by atoms with Gasteiger partial charge in [-0.25, -0.2) is 9.59 Å². The summed E-state index contributed by atoms with van der Waals surface area (Å²) < 4.78 is 10.6. The van der Waals surface area contributed by atoms with Crippen molar-refractivity contribution in [3.8, 4) is 0 Å². The number of nitrogens with zero attached hydrogens (tertiary/aromatic N) is 1. The predicted molar refractivity (Wildman–Crippen MR) is 74.1 cm³/mol. The molecule has 0 aromatic carbocycles. The Balaban J connectivity index is 2.19. The number of fused-ring (bicyclic) bond motifs is 2. The second kappa shape index (κ2) is 4.96. The van der Waals surface area contributed by atoms with Crippen molar-refractivity contribution in [1.82, 2.24) is 4.90 Å². The lowest BCUT2D eigenvalue weighted by molar-refractivity contribution is -0.151. The van der Waals surface area contributed by atoms with Gasteiger partial charge in [-0.3, -0.25) is 4.90 Å². The maximum atomic E-state index is 12.3. The largest absolute Gasteiger partial charge is 0.459 e. The van der Waals surface area contributed by atoms with E-state index in [2.05, 4.69) is 6.58 Å². The van der Waals surface area contributed by atoms with E-state index < -0.39 is 23.2 Å². The first kappa shape index (κ1) is 14.6. The monoisotopic (exact) mass is 279 g/mol. The standard InChI is InChI=1S/C15H21NO4/c1-5-10-19-12(17)15-8-6-11(7-9-15)16(15)13(18)20-14(2,3)4/h5-6,8,11H,1,7,9-10H2,2-4H3/t11-,15+/m0/s1. The van der Waals surface area contributed by atoms with Gasteiger partial charge in [0.25, 0.3) is 0 Å². The van der Waals surface area contributed by atoms with Crippen LogP contribution in [-0.2, 0) is 14.3 Å². The molecule has 2 bridgehead atoms. The van der Waals surface area contributed by atoms with Gasteiger partial charge in [0.1, 0.15) is 12.2 Å². The molecule has 2 atom stereocenters. The summed E-state index contributed by atoms with van der Waals surface area (Å²) in [5.74, 6) is -0.417. The van der Waals surface area contributed by atoms with Gasteiger partial charge in [0, 0.05) is 0 Å². The van der Waals surface area contributed by atoms with E-state index in [4.69, 9.17) is 9.47 Å². The number of amides is 1. The van der Waals surface area contributed by atoms with Crippen molar-refractivity contribution < 1.29 is 19.1 Å². The van der Waals surface area contributed by atoms with Crippen LogP contribution in [0.3, 0.4) is 0 Å². The fraction of sp³-hybridized carbons (Fsp3) is 0.600. The molecule has 1 saturated heterocycles. The molecule has 0 spiro atoms. The zero-order valence-corrected chi connectivity index (χ0v) is 12.2. The van der Waals surface area contributed by atoms with Crippen molar-refractivity contribution in [3.05, 3.63) is 24.8 Å². The first-order chi connectivity index (χ1) is 9.30. The molecule has 0 aliphatic carbocycles. The lowest BCUT2D eigenvalue weighted by atomic mass is 9.94. The minimum atomic E-state index is -1.00. The lowest BCUT2D eigenvalue weighted by Gasteiger charge is -2.33. The second-order valence-corrected chi connectivity index (χ2v) is 6.13. The molecule has 0 radical (unpaired) electrons.